The van der Waals surface area contributed by atoms with Gasteiger partial charge in [0.05, 0.1) is 0 Å². The summed E-state index contributed by atoms with van der Waals surface area (Å²) >= 11 is 0. The molecule has 0 fully saturated rings. The van der Waals surface area contributed by atoms with Crippen molar-refractivity contribution < 1.29 is 0 Å². The van der Waals surface area contributed by atoms with E-state index in [9.17, 15) is 0 Å². The molecule has 0 atom stereocenters. The highest BCUT2D eigenvalue weighted by Gasteiger charge is 2.11. The minimum atomic E-state index is 1.13. The van der Waals surface area contributed by atoms with E-state index in [4.69, 9.17) is 0 Å². The average Bonchev–Trinajstić information content (AvgIpc) is 1.74. The second-order valence-corrected chi connectivity index (χ2v) is 1.12. The largest absolute Gasteiger partial charge is 0.219 e. The summed E-state index contributed by atoms with van der Waals surface area (Å²) in [6.07, 6.45) is 1.93. The van der Waals surface area contributed by atoms with Crippen LogP contribution in [0.2, 0.25) is 0 Å². The van der Waals surface area contributed by atoms with Crippen molar-refractivity contribution in [3.8, 4) is 5.82 Å². The topological polar surface area (TPSA) is 17.8 Å². The average molecular weight is 66.1 g/mol. The SMILES string of the molecule is c1cn2nc1-2. The first-order valence-corrected chi connectivity index (χ1v) is 1.53. The molecule has 0 bridgehead atoms. The van der Waals surface area contributed by atoms with Crippen LogP contribution in [0.1, 0.15) is 0 Å². The van der Waals surface area contributed by atoms with Gasteiger partial charge >= 0.3 is 0 Å². The first-order chi connectivity index (χ1) is 2.47. The monoisotopic (exact) mass is 66.0 g/mol. The van der Waals surface area contributed by atoms with E-state index >= 15 is 0 Å². The molecular formula is C3H2N2. The van der Waals surface area contributed by atoms with Gasteiger partial charge in [0.2, 0.25) is 0 Å². The van der Waals surface area contributed by atoms with Gasteiger partial charge in [-0.05, 0) is 0 Å². The molecule has 2 aliphatic rings. The number of nitrogens with zero attached hydrogens (tertiary/aromatic N) is 2. The molecule has 0 unspecified atom stereocenters. The molecule has 5 heavy (non-hydrogen) atoms. The molecule has 2 aliphatic heterocycles. The Morgan fingerprint density at radius 3 is 2.60 bits per heavy atom. The van der Waals surface area contributed by atoms with Gasteiger partial charge < -0.3 is 0 Å². The van der Waals surface area contributed by atoms with Crippen LogP contribution in [0.15, 0.2) is 12.3 Å². The fourth-order valence-corrected chi connectivity index (χ4v) is 0.363. The fraction of sp³-hybridized carbons (Fsp3) is 0. The Bertz CT molecular complexity index is 130. The lowest BCUT2D eigenvalue weighted by molar-refractivity contribution is 1.11. The maximum absolute atomic E-state index is 3.81. The normalized spacial score (nSPS) is 12.0. The lowest BCUT2D eigenvalue weighted by Crippen LogP contribution is -1.72. The predicted molar refractivity (Wildman–Crippen MR) is 17.1 cm³/mol. The third-order valence-corrected chi connectivity index (χ3v) is 0.770. The Kier molecular flexibility index (Phi) is 0.0743. The summed E-state index contributed by atoms with van der Waals surface area (Å²) in [7, 11) is 0. The molecule has 0 aromatic rings. The number of aromatic nitrogens is 2. The van der Waals surface area contributed by atoms with E-state index in [1.807, 2.05) is 16.9 Å². The van der Waals surface area contributed by atoms with Crippen molar-refractivity contribution in [2.24, 2.45) is 0 Å². The summed E-state index contributed by atoms with van der Waals surface area (Å²) in [5.74, 6) is 1.13. The van der Waals surface area contributed by atoms with E-state index in [2.05, 4.69) is 5.10 Å². The van der Waals surface area contributed by atoms with Crippen LogP contribution in [0, 0.1) is 0 Å². The van der Waals surface area contributed by atoms with Crippen molar-refractivity contribution in [1.82, 2.24) is 9.78 Å². The molecule has 24 valence electrons. The van der Waals surface area contributed by atoms with E-state index in [0.29, 0.717) is 0 Å². The lowest BCUT2D eigenvalue weighted by atomic mass is 10.6. The van der Waals surface area contributed by atoms with E-state index < -0.39 is 0 Å². The van der Waals surface area contributed by atoms with Crippen molar-refractivity contribution in [2.45, 2.75) is 0 Å². The van der Waals surface area contributed by atoms with Crippen LogP contribution in [-0.2, 0) is 0 Å². The van der Waals surface area contributed by atoms with E-state index in [1.54, 1.807) is 0 Å². The molecule has 0 aromatic carbocycles. The van der Waals surface area contributed by atoms with Crippen molar-refractivity contribution >= 4 is 0 Å². The van der Waals surface area contributed by atoms with Crippen molar-refractivity contribution in [1.29, 1.82) is 0 Å². The molecule has 2 heteroatoms. The molecule has 0 amide bonds. The Labute approximate surface area is 29.0 Å². The zero-order valence-electron chi connectivity index (χ0n) is 2.55. The third kappa shape index (κ3) is 0.0451. The minimum absolute atomic E-state index is 1.13. The third-order valence-electron chi connectivity index (χ3n) is 0.770. The van der Waals surface area contributed by atoms with E-state index in [0.717, 1.165) is 5.82 Å². The highest BCUT2D eigenvalue weighted by molar-refractivity contribution is 5.31. The molecule has 0 aliphatic carbocycles. The molecule has 2 rings (SSSR count). The van der Waals surface area contributed by atoms with Crippen LogP contribution < -0.4 is 0 Å². The van der Waals surface area contributed by atoms with Crippen LogP contribution in [-0.4, -0.2) is 9.78 Å². The zero-order valence-corrected chi connectivity index (χ0v) is 2.55. The Morgan fingerprint density at radius 1 is 1.80 bits per heavy atom. The van der Waals surface area contributed by atoms with Gasteiger partial charge in [0.15, 0.2) is 5.82 Å². The smallest absolute Gasteiger partial charge is 0.175 e. The van der Waals surface area contributed by atoms with Gasteiger partial charge in [0.25, 0.3) is 0 Å². The summed E-state index contributed by atoms with van der Waals surface area (Å²) in [5, 5.41) is 3.81. The molecule has 0 N–H and O–H groups in total. The molecule has 2 nitrogen and oxygen atoms in total. The van der Waals surface area contributed by atoms with Crippen LogP contribution in [0.25, 0.3) is 5.82 Å². The summed E-state index contributed by atoms with van der Waals surface area (Å²) < 4.78 is 1.83. The summed E-state index contributed by atoms with van der Waals surface area (Å²) in [5.41, 5.74) is 0. The first-order valence-electron chi connectivity index (χ1n) is 1.53. The van der Waals surface area contributed by atoms with Gasteiger partial charge in [-0.3, -0.25) is 0 Å². The lowest BCUT2D eigenvalue weighted by Gasteiger charge is -1.75. The van der Waals surface area contributed by atoms with Gasteiger partial charge in [0, 0.05) is 12.3 Å². The van der Waals surface area contributed by atoms with Crippen molar-refractivity contribution in [3.05, 3.63) is 12.3 Å². The minimum Gasteiger partial charge on any atom is -0.219 e. The first kappa shape index (κ1) is 1.60. The fourth-order valence-electron chi connectivity index (χ4n) is 0.363. The summed E-state index contributed by atoms with van der Waals surface area (Å²) in [6, 6.07) is 1.97. The van der Waals surface area contributed by atoms with Gasteiger partial charge in [-0.25, -0.2) is 4.68 Å². The number of hydrogen-bond acceptors (Lipinski definition) is 1. The molecule has 2 heterocycles. The quantitative estimate of drug-likeness (QED) is 0.429. The van der Waals surface area contributed by atoms with E-state index in [-0.39, 0.29) is 0 Å². The van der Waals surface area contributed by atoms with Crippen LogP contribution in [0.3, 0.4) is 0 Å². The number of rotatable bonds is 0. The Morgan fingerprint density at radius 2 is 2.60 bits per heavy atom. The van der Waals surface area contributed by atoms with Crippen molar-refractivity contribution in [3.63, 3.8) is 0 Å². The highest BCUT2D eigenvalue weighted by Crippen LogP contribution is 2.13. The Hall–Kier alpha value is -0.790. The van der Waals surface area contributed by atoms with Gasteiger partial charge in [-0.1, -0.05) is 0 Å². The molecule has 0 saturated carbocycles. The van der Waals surface area contributed by atoms with Gasteiger partial charge in [-0.15, -0.1) is 5.10 Å². The standard InChI is InChI=1S/C3H2N2/c1-2-5-3(1)4-5/h1-2H. The van der Waals surface area contributed by atoms with Gasteiger partial charge in [-0.2, -0.15) is 0 Å². The predicted octanol–water partition coefficient (Wildman–Crippen LogP) is 0.186. The Balaban J connectivity index is 3.13. The number of fused-ring (bicyclic) bond motifs is 1. The maximum Gasteiger partial charge on any atom is 0.175 e. The van der Waals surface area contributed by atoms with E-state index in [1.165, 1.54) is 0 Å². The summed E-state index contributed by atoms with van der Waals surface area (Å²) in [6.45, 7) is 0. The molecular weight excluding hydrogens is 64.0 g/mol. The second-order valence-electron chi connectivity index (χ2n) is 1.12. The molecule has 0 aromatic heterocycles. The summed E-state index contributed by atoms with van der Waals surface area (Å²) in [4.78, 5) is 0. The highest BCUT2D eigenvalue weighted by atomic mass is 15.5. The van der Waals surface area contributed by atoms with Gasteiger partial charge in [0.1, 0.15) is 0 Å². The van der Waals surface area contributed by atoms with Crippen LogP contribution >= 0.6 is 0 Å². The molecule has 0 radical (unpaired) electrons. The maximum atomic E-state index is 3.81. The zero-order chi connectivity index (χ0) is 3.28. The van der Waals surface area contributed by atoms with Crippen LogP contribution in [0.5, 0.6) is 0 Å². The second kappa shape index (κ2) is 0.233. The molecule has 0 spiro atoms. The number of hydrogen-bond donors (Lipinski definition) is 0. The molecule has 0 saturated heterocycles. The van der Waals surface area contributed by atoms with Crippen molar-refractivity contribution in [2.75, 3.05) is 0 Å². The van der Waals surface area contributed by atoms with Crippen LogP contribution in [0.4, 0.5) is 0 Å².